The van der Waals surface area contributed by atoms with Gasteiger partial charge in [0.2, 0.25) is 0 Å². The van der Waals surface area contributed by atoms with E-state index in [4.69, 9.17) is 9.72 Å². The number of benzene rings is 1. The van der Waals surface area contributed by atoms with Gasteiger partial charge >= 0.3 is 0 Å². The summed E-state index contributed by atoms with van der Waals surface area (Å²) < 4.78 is 7.57. The molecule has 1 aliphatic rings. The summed E-state index contributed by atoms with van der Waals surface area (Å²) in [5.74, 6) is 3.05. The predicted octanol–water partition coefficient (Wildman–Crippen LogP) is 5.30. The summed E-state index contributed by atoms with van der Waals surface area (Å²) >= 11 is 0. The minimum absolute atomic E-state index is 0.856. The standard InChI is InChI=1S/C19H22N4O.C2H6/c1-13-19(23-10-4-3-5-18(23)21-13)14-11-17(20-12-14)22-15-6-8-16(24-2)9-7-15;1-2/h6-9,11-12,20,22H,3-5,10H2,1-2H3;1-2H3. The molecule has 0 bridgehead atoms. The average Bonchev–Trinajstić information content (AvgIpc) is 3.27. The summed E-state index contributed by atoms with van der Waals surface area (Å²) in [6.07, 6.45) is 5.62. The molecular weight excluding hydrogens is 324 g/mol. The lowest BCUT2D eigenvalue weighted by atomic mass is 10.1. The van der Waals surface area contributed by atoms with Crippen molar-refractivity contribution in [3.05, 3.63) is 48.0 Å². The van der Waals surface area contributed by atoms with Gasteiger partial charge < -0.3 is 19.6 Å². The lowest BCUT2D eigenvalue weighted by Crippen LogP contribution is -2.11. The molecule has 0 radical (unpaired) electrons. The number of H-pyrrole nitrogens is 1. The van der Waals surface area contributed by atoms with Crippen LogP contribution in [0.3, 0.4) is 0 Å². The number of rotatable bonds is 4. The highest BCUT2D eigenvalue weighted by atomic mass is 16.5. The Hall–Kier alpha value is -2.69. The molecule has 0 saturated heterocycles. The quantitative estimate of drug-likeness (QED) is 0.670. The normalized spacial score (nSPS) is 12.8. The number of methoxy groups -OCH3 is 1. The Kier molecular flexibility index (Phi) is 5.66. The molecule has 5 nitrogen and oxygen atoms in total. The van der Waals surface area contributed by atoms with Crippen molar-refractivity contribution in [1.29, 1.82) is 0 Å². The summed E-state index contributed by atoms with van der Waals surface area (Å²) in [5, 5.41) is 3.40. The van der Waals surface area contributed by atoms with Crippen LogP contribution in [0.2, 0.25) is 0 Å². The maximum absolute atomic E-state index is 5.19. The van der Waals surface area contributed by atoms with E-state index < -0.39 is 0 Å². The van der Waals surface area contributed by atoms with E-state index in [9.17, 15) is 0 Å². The van der Waals surface area contributed by atoms with Crippen molar-refractivity contribution in [2.45, 2.75) is 46.6 Å². The van der Waals surface area contributed by atoms with Gasteiger partial charge in [-0.1, -0.05) is 13.8 Å². The van der Waals surface area contributed by atoms with E-state index in [2.05, 4.69) is 34.1 Å². The van der Waals surface area contributed by atoms with Gasteiger partial charge in [-0.15, -0.1) is 0 Å². The van der Waals surface area contributed by atoms with Crippen LogP contribution in [0.25, 0.3) is 11.3 Å². The molecule has 3 aromatic rings. The maximum atomic E-state index is 5.19. The third-order valence-electron chi connectivity index (χ3n) is 4.58. The van der Waals surface area contributed by atoms with E-state index >= 15 is 0 Å². The minimum atomic E-state index is 0.856. The Morgan fingerprint density at radius 3 is 2.65 bits per heavy atom. The Morgan fingerprint density at radius 2 is 1.92 bits per heavy atom. The number of aryl methyl sites for hydroxylation is 2. The molecule has 2 aromatic heterocycles. The number of ether oxygens (including phenoxy) is 1. The molecule has 0 aliphatic carbocycles. The molecule has 0 spiro atoms. The lowest BCUT2D eigenvalue weighted by molar-refractivity contribution is 0.415. The summed E-state index contributed by atoms with van der Waals surface area (Å²) in [6.45, 7) is 7.17. The number of nitrogens with zero attached hydrogens (tertiary/aromatic N) is 2. The Labute approximate surface area is 155 Å². The van der Waals surface area contributed by atoms with E-state index in [1.165, 1.54) is 29.9 Å². The number of hydrogen-bond acceptors (Lipinski definition) is 3. The zero-order valence-electron chi connectivity index (χ0n) is 16.1. The van der Waals surface area contributed by atoms with Gasteiger partial charge in [0.1, 0.15) is 17.4 Å². The first kappa shape index (κ1) is 18.1. The number of fused-ring (bicyclic) bond motifs is 1. The van der Waals surface area contributed by atoms with Crippen LogP contribution in [0.4, 0.5) is 11.5 Å². The first-order valence-corrected chi connectivity index (χ1v) is 9.40. The molecule has 3 heterocycles. The second kappa shape index (κ2) is 8.13. The van der Waals surface area contributed by atoms with Crippen LogP contribution in [0, 0.1) is 6.92 Å². The van der Waals surface area contributed by atoms with Gasteiger partial charge in [0.25, 0.3) is 0 Å². The molecule has 0 atom stereocenters. The molecule has 138 valence electrons. The number of aromatic nitrogens is 3. The number of imidazole rings is 1. The fourth-order valence-corrected chi connectivity index (χ4v) is 3.41. The predicted molar refractivity (Wildman–Crippen MR) is 107 cm³/mol. The monoisotopic (exact) mass is 352 g/mol. The molecule has 4 rings (SSSR count). The summed E-state index contributed by atoms with van der Waals surface area (Å²) in [5.41, 5.74) is 4.56. The molecule has 26 heavy (non-hydrogen) atoms. The van der Waals surface area contributed by atoms with E-state index in [-0.39, 0.29) is 0 Å². The van der Waals surface area contributed by atoms with Gasteiger partial charge in [-0.2, -0.15) is 0 Å². The van der Waals surface area contributed by atoms with Gasteiger partial charge in [-0.05, 0) is 50.1 Å². The summed E-state index contributed by atoms with van der Waals surface area (Å²) in [4.78, 5) is 8.08. The molecule has 0 unspecified atom stereocenters. The number of anilines is 2. The lowest BCUT2D eigenvalue weighted by Gasteiger charge is -2.15. The van der Waals surface area contributed by atoms with E-state index in [0.717, 1.165) is 35.9 Å². The van der Waals surface area contributed by atoms with Crippen molar-refractivity contribution < 1.29 is 4.74 Å². The maximum Gasteiger partial charge on any atom is 0.119 e. The molecule has 1 aliphatic heterocycles. The Balaban J connectivity index is 0.000000948. The van der Waals surface area contributed by atoms with Crippen LogP contribution in [-0.2, 0) is 13.0 Å². The topological polar surface area (TPSA) is 54.9 Å². The van der Waals surface area contributed by atoms with E-state index in [0.29, 0.717) is 0 Å². The molecule has 0 fully saturated rings. The first-order chi connectivity index (χ1) is 12.7. The first-order valence-electron chi connectivity index (χ1n) is 9.40. The van der Waals surface area contributed by atoms with Crippen molar-refractivity contribution in [2.24, 2.45) is 0 Å². The fourth-order valence-electron chi connectivity index (χ4n) is 3.41. The van der Waals surface area contributed by atoms with Crippen LogP contribution >= 0.6 is 0 Å². The van der Waals surface area contributed by atoms with Crippen molar-refractivity contribution in [3.8, 4) is 17.0 Å². The Bertz CT molecular complexity index is 846. The zero-order valence-corrected chi connectivity index (χ0v) is 16.1. The van der Waals surface area contributed by atoms with Gasteiger partial charge in [0.15, 0.2) is 0 Å². The van der Waals surface area contributed by atoms with Crippen molar-refractivity contribution in [2.75, 3.05) is 12.4 Å². The van der Waals surface area contributed by atoms with E-state index in [1.807, 2.05) is 38.1 Å². The fraction of sp³-hybridized carbons (Fsp3) is 0.381. The highest BCUT2D eigenvalue weighted by molar-refractivity contribution is 5.69. The number of hydrogen-bond donors (Lipinski definition) is 2. The summed E-state index contributed by atoms with van der Waals surface area (Å²) in [7, 11) is 1.67. The molecule has 0 amide bonds. The molecule has 5 heteroatoms. The summed E-state index contributed by atoms with van der Waals surface area (Å²) in [6, 6.07) is 10.1. The van der Waals surface area contributed by atoms with E-state index in [1.54, 1.807) is 7.11 Å². The molecule has 2 N–H and O–H groups in total. The highest BCUT2D eigenvalue weighted by Crippen LogP contribution is 2.31. The number of nitrogens with one attached hydrogen (secondary N) is 2. The number of aromatic amines is 1. The zero-order chi connectivity index (χ0) is 18.5. The highest BCUT2D eigenvalue weighted by Gasteiger charge is 2.19. The largest absolute Gasteiger partial charge is 0.497 e. The molecular formula is C21H28N4O. The van der Waals surface area contributed by atoms with Crippen LogP contribution in [0.15, 0.2) is 36.5 Å². The molecule has 0 saturated carbocycles. The van der Waals surface area contributed by atoms with Gasteiger partial charge in [-0.25, -0.2) is 4.98 Å². The molecule has 1 aromatic carbocycles. The Morgan fingerprint density at radius 1 is 1.15 bits per heavy atom. The SMILES string of the molecule is CC.COc1ccc(Nc2cc(-c3c(C)nc4n3CCCC4)c[nH]2)cc1. The second-order valence-electron chi connectivity index (χ2n) is 6.23. The smallest absolute Gasteiger partial charge is 0.119 e. The van der Waals surface area contributed by atoms with Crippen LogP contribution < -0.4 is 10.1 Å². The average molecular weight is 352 g/mol. The van der Waals surface area contributed by atoms with Gasteiger partial charge in [0.05, 0.1) is 18.5 Å². The van der Waals surface area contributed by atoms with Gasteiger partial charge in [0, 0.05) is 30.4 Å². The van der Waals surface area contributed by atoms with Gasteiger partial charge in [-0.3, -0.25) is 0 Å². The van der Waals surface area contributed by atoms with Crippen LogP contribution in [0.5, 0.6) is 5.75 Å². The minimum Gasteiger partial charge on any atom is -0.497 e. The van der Waals surface area contributed by atoms with Crippen LogP contribution in [0.1, 0.15) is 38.2 Å². The van der Waals surface area contributed by atoms with Crippen molar-refractivity contribution in [3.63, 3.8) is 0 Å². The van der Waals surface area contributed by atoms with Crippen molar-refractivity contribution in [1.82, 2.24) is 14.5 Å². The van der Waals surface area contributed by atoms with Crippen molar-refractivity contribution >= 4 is 11.5 Å². The third kappa shape index (κ3) is 3.62. The third-order valence-corrected chi connectivity index (χ3v) is 4.58. The second-order valence-corrected chi connectivity index (χ2v) is 6.23. The van der Waals surface area contributed by atoms with Crippen LogP contribution in [-0.4, -0.2) is 21.6 Å².